The first-order chi connectivity index (χ1) is 14.3. The second-order valence-corrected chi connectivity index (χ2v) is 8.49. The quantitative estimate of drug-likeness (QED) is 0.813. The molecule has 2 aliphatic rings. The molecule has 0 bridgehead atoms. The second kappa shape index (κ2) is 7.59. The third-order valence-electron chi connectivity index (χ3n) is 6.17. The molecule has 0 aliphatic carbocycles. The monoisotopic (exact) mass is 405 g/mol. The number of rotatable bonds is 5. The first-order valence-electron chi connectivity index (χ1n) is 10.4. The summed E-state index contributed by atoms with van der Waals surface area (Å²) in [7, 11) is 0. The van der Waals surface area contributed by atoms with Crippen LogP contribution in [0.25, 0.3) is 0 Å². The Balaban J connectivity index is 1.49. The summed E-state index contributed by atoms with van der Waals surface area (Å²) in [5.41, 5.74) is 2.39. The Hall–Kier alpha value is -3.15. The SMILES string of the molecule is CC(C)c1ccc(NC(=O)CCN2C(=O)c3ccccc3N3C(=O)CCC23C)cc1. The van der Waals surface area contributed by atoms with E-state index in [0.717, 1.165) is 5.69 Å². The normalized spacial score (nSPS) is 20.4. The van der Waals surface area contributed by atoms with Crippen LogP contribution in [0, 0.1) is 0 Å². The highest BCUT2D eigenvalue weighted by atomic mass is 16.2. The predicted octanol–water partition coefficient (Wildman–Crippen LogP) is 4.14. The van der Waals surface area contributed by atoms with Crippen LogP contribution >= 0.6 is 0 Å². The van der Waals surface area contributed by atoms with Gasteiger partial charge in [0.25, 0.3) is 5.91 Å². The highest BCUT2D eigenvalue weighted by Gasteiger charge is 2.52. The molecule has 2 heterocycles. The number of carbonyl (C=O) groups excluding carboxylic acids is 3. The van der Waals surface area contributed by atoms with Crippen LogP contribution in [0.5, 0.6) is 0 Å². The number of nitrogens with zero attached hydrogens (tertiary/aromatic N) is 2. The maximum Gasteiger partial charge on any atom is 0.257 e. The molecule has 1 fully saturated rings. The average Bonchev–Trinajstić information content (AvgIpc) is 3.03. The number of para-hydroxylation sites is 1. The zero-order valence-electron chi connectivity index (χ0n) is 17.6. The van der Waals surface area contributed by atoms with Gasteiger partial charge in [-0.1, -0.05) is 38.1 Å². The number of hydrogen-bond donors (Lipinski definition) is 1. The number of benzene rings is 2. The molecule has 2 aromatic carbocycles. The van der Waals surface area contributed by atoms with Crippen molar-refractivity contribution in [2.75, 3.05) is 16.8 Å². The van der Waals surface area contributed by atoms with Crippen molar-refractivity contribution in [3.63, 3.8) is 0 Å². The third kappa shape index (κ3) is 3.36. The van der Waals surface area contributed by atoms with Crippen LogP contribution < -0.4 is 10.2 Å². The van der Waals surface area contributed by atoms with E-state index in [1.165, 1.54) is 5.56 Å². The molecule has 1 N–H and O–H groups in total. The largest absolute Gasteiger partial charge is 0.326 e. The fourth-order valence-electron chi connectivity index (χ4n) is 4.43. The number of anilines is 2. The van der Waals surface area contributed by atoms with Gasteiger partial charge in [-0.2, -0.15) is 0 Å². The van der Waals surface area contributed by atoms with E-state index in [1.807, 2.05) is 43.3 Å². The summed E-state index contributed by atoms with van der Waals surface area (Å²) >= 11 is 0. The van der Waals surface area contributed by atoms with Crippen molar-refractivity contribution in [2.24, 2.45) is 0 Å². The van der Waals surface area contributed by atoms with Crippen LogP contribution in [-0.2, 0) is 9.59 Å². The second-order valence-electron chi connectivity index (χ2n) is 8.49. The minimum atomic E-state index is -0.734. The van der Waals surface area contributed by atoms with E-state index >= 15 is 0 Å². The van der Waals surface area contributed by atoms with Crippen molar-refractivity contribution in [3.05, 3.63) is 59.7 Å². The van der Waals surface area contributed by atoms with E-state index in [1.54, 1.807) is 21.9 Å². The lowest BCUT2D eigenvalue weighted by Gasteiger charge is -2.48. The molecule has 1 unspecified atom stereocenters. The van der Waals surface area contributed by atoms with Crippen molar-refractivity contribution in [1.82, 2.24) is 4.90 Å². The molecule has 0 aromatic heterocycles. The highest BCUT2D eigenvalue weighted by Crippen LogP contribution is 2.43. The zero-order chi connectivity index (χ0) is 21.5. The van der Waals surface area contributed by atoms with Crippen molar-refractivity contribution >= 4 is 29.1 Å². The zero-order valence-corrected chi connectivity index (χ0v) is 17.6. The molecule has 156 valence electrons. The Morgan fingerprint density at radius 3 is 2.50 bits per heavy atom. The number of fused-ring (bicyclic) bond motifs is 3. The van der Waals surface area contributed by atoms with Gasteiger partial charge in [0, 0.05) is 25.1 Å². The minimum Gasteiger partial charge on any atom is -0.326 e. The number of amides is 3. The van der Waals surface area contributed by atoms with Crippen LogP contribution in [0.2, 0.25) is 0 Å². The number of carbonyl (C=O) groups is 3. The van der Waals surface area contributed by atoms with Crippen LogP contribution in [0.15, 0.2) is 48.5 Å². The Morgan fingerprint density at radius 2 is 1.80 bits per heavy atom. The van der Waals surface area contributed by atoms with Crippen molar-refractivity contribution in [1.29, 1.82) is 0 Å². The average molecular weight is 405 g/mol. The molecule has 0 saturated carbocycles. The van der Waals surface area contributed by atoms with Crippen LogP contribution in [0.3, 0.4) is 0 Å². The summed E-state index contributed by atoms with van der Waals surface area (Å²) in [6.45, 7) is 6.41. The molecule has 1 saturated heterocycles. The topological polar surface area (TPSA) is 69.7 Å². The van der Waals surface area contributed by atoms with Gasteiger partial charge < -0.3 is 10.2 Å². The maximum atomic E-state index is 13.2. The van der Waals surface area contributed by atoms with Gasteiger partial charge in [0.05, 0.1) is 11.3 Å². The van der Waals surface area contributed by atoms with Crippen LogP contribution in [0.4, 0.5) is 11.4 Å². The molecule has 3 amide bonds. The van der Waals surface area contributed by atoms with E-state index in [9.17, 15) is 14.4 Å². The first kappa shape index (κ1) is 20.1. The lowest BCUT2D eigenvalue weighted by atomic mass is 9.98. The number of hydrogen-bond acceptors (Lipinski definition) is 3. The Morgan fingerprint density at radius 1 is 1.10 bits per heavy atom. The Bertz CT molecular complexity index is 999. The maximum absolute atomic E-state index is 13.2. The van der Waals surface area contributed by atoms with Gasteiger partial charge in [0.15, 0.2) is 0 Å². The molecular weight excluding hydrogens is 378 g/mol. The van der Waals surface area contributed by atoms with E-state index < -0.39 is 5.66 Å². The van der Waals surface area contributed by atoms with E-state index in [2.05, 4.69) is 19.2 Å². The van der Waals surface area contributed by atoms with E-state index in [-0.39, 0.29) is 30.7 Å². The predicted molar refractivity (Wildman–Crippen MR) is 116 cm³/mol. The molecule has 6 nitrogen and oxygen atoms in total. The van der Waals surface area contributed by atoms with Gasteiger partial charge in [-0.25, -0.2) is 0 Å². The van der Waals surface area contributed by atoms with Gasteiger partial charge >= 0.3 is 0 Å². The molecule has 0 radical (unpaired) electrons. The third-order valence-corrected chi connectivity index (χ3v) is 6.17. The summed E-state index contributed by atoms with van der Waals surface area (Å²) < 4.78 is 0. The standard InChI is InChI=1S/C24H27N3O3/c1-16(2)17-8-10-18(11-9-17)25-21(28)13-15-26-23(30)19-6-4-5-7-20(19)27-22(29)12-14-24(26,27)3/h4-11,16H,12-15H2,1-3H3,(H,25,28). The molecule has 0 spiro atoms. The van der Waals surface area contributed by atoms with Gasteiger partial charge in [0.2, 0.25) is 11.8 Å². The summed E-state index contributed by atoms with van der Waals surface area (Å²) in [5.74, 6) is 0.157. The van der Waals surface area contributed by atoms with Gasteiger partial charge in [-0.15, -0.1) is 0 Å². The summed E-state index contributed by atoms with van der Waals surface area (Å²) in [4.78, 5) is 41.8. The first-order valence-corrected chi connectivity index (χ1v) is 10.4. The summed E-state index contributed by atoms with van der Waals surface area (Å²) in [6.07, 6.45) is 1.12. The van der Waals surface area contributed by atoms with Gasteiger partial charge in [-0.05, 0) is 49.1 Å². The van der Waals surface area contributed by atoms with Crippen molar-refractivity contribution in [2.45, 2.75) is 51.6 Å². The Labute approximate surface area is 176 Å². The minimum absolute atomic E-state index is 0.0112. The summed E-state index contributed by atoms with van der Waals surface area (Å²) in [6, 6.07) is 15.0. The molecular formula is C24H27N3O3. The van der Waals surface area contributed by atoms with E-state index in [4.69, 9.17) is 0 Å². The molecule has 2 aromatic rings. The molecule has 4 rings (SSSR count). The van der Waals surface area contributed by atoms with Gasteiger partial charge in [0.1, 0.15) is 5.66 Å². The smallest absolute Gasteiger partial charge is 0.257 e. The lowest BCUT2D eigenvalue weighted by molar-refractivity contribution is -0.117. The lowest BCUT2D eigenvalue weighted by Crippen LogP contribution is -2.62. The van der Waals surface area contributed by atoms with Crippen molar-refractivity contribution in [3.8, 4) is 0 Å². The van der Waals surface area contributed by atoms with E-state index in [0.29, 0.717) is 30.0 Å². The molecule has 2 aliphatic heterocycles. The van der Waals surface area contributed by atoms with Gasteiger partial charge in [-0.3, -0.25) is 19.3 Å². The fourth-order valence-corrected chi connectivity index (χ4v) is 4.43. The van der Waals surface area contributed by atoms with Crippen LogP contribution in [-0.4, -0.2) is 34.8 Å². The Kier molecular flexibility index (Phi) is 5.10. The van der Waals surface area contributed by atoms with Crippen molar-refractivity contribution < 1.29 is 14.4 Å². The molecule has 6 heteroatoms. The highest BCUT2D eigenvalue weighted by molar-refractivity contribution is 6.10. The molecule has 1 atom stereocenters. The van der Waals surface area contributed by atoms with Crippen LogP contribution in [0.1, 0.15) is 61.9 Å². The number of nitrogens with one attached hydrogen (secondary N) is 1. The fraction of sp³-hybridized carbons (Fsp3) is 0.375. The summed E-state index contributed by atoms with van der Waals surface area (Å²) in [5, 5.41) is 2.91. The molecule has 30 heavy (non-hydrogen) atoms.